The molecule has 0 bridgehead atoms. The van der Waals surface area contributed by atoms with E-state index in [4.69, 9.17) is 16.3 Å². The van der Waals surface area contributed by atoms with Crippen molar-refractivity contribution in [1.82, 2.24) is 0 Å². The van der Waals surface area contributed by atoms with Crippen LogP contribution in [0.5, 0.6) is 0 Å². The molecule has 1 rings (SSSR count). The molecule has 0 amide bonds. The van der Waals surface area contributed by atoms with Crippen LogP contribution >= 0.6 is 11.6 Å². The van der Waals surface area contributed by atoms with Crippen LogP contribution in [0, 0.1) is 11.6 Å². The topological polar surface area (TPSA) is 26.3 Å². The van der Waals surface area contributed by atoms with Crippen molar-refractivity contribution in [2.45, 2.75) is 25.1 Å². The smallest absolute Gasteiger partial charge is 0.307 e. The predicted octanol–water partition coefficient (Wildman–Crippen LogP) is 3.07. The number of esters is 1. The summed E-state index contributed by atoms with van der Waals surface area (Å²) in [5.74, 6) is -2.21. The lowest BCUT2D eigenvalue weighted by molar-refractivity contribution is -0.143. The highest BCUT2D eigenvalue weighted by Gasteiger charge is 2.13. The molecule has 1 unspecified atom stereocenters. The maximum Gasteiger partial charge on any atom is 0.307 e. The molecule has 5 heteroatoms. The molecule has 17 heavy (non-hydrogen) atoms. The first kappa shape index (κ1) is 13.9. The van der Waals surface area contributed by atoms with Crippen LogP contribution in [-0.2, 0) is 16.0 Å². The molecule has 94 valence electrons. The zero-order valence-corrected chi connectivity index (χ0v) is 10.1. The lowest BCUT2D eigenvalue weighted by Gasteiger charge is -2.09. The van der Waals surface area contributed by atoms with Crippen LogP contribution in [0.2, 0.25) is 0 Å². The number of carbonyl (C=O) groups is 1. The lowest BCUT2D eigenvalue weighted by atomic mass is 10.1. The molecule has 0 aromatic heterocycles. The summed E-state index contributed by atoms with van der Waals surface area (Å²) in [6, 6.07) is 3.56. The Morgan fingerprint density at radius 3 is 2.71 bits per heavy atom. The summed E-state index contributed by atoms with van der Waals surface area (Å²) in [6.45, 7) is 2.00. The first-order valence-corrected chi connectivity index (χ1v) is 5.70. The van der Waals surface area contributed by atoms with Gasteiger partial charge in [-0.25, -0.2) is 8.78 Å². The number of hydrogen-bond donors (Lipinski definition) is 0. The van der Waals surface area contributed by atoms with Gasteiger partial charge in [-0.05, 0) is 31.0 Å². The molecule has 0 aliphatic rings. The van der Waals surface area contributed by atoms with Crippen molar-refractivity contribution in [2.75, 3.05) is 6.61 Å². The molecule has 0 saturated heterocycles. The van der Waals surface area contributed by atoms with Crippen LogP contribution in [0.1, 0.15) is 18.9 Å². The van der Waals surface area contributed by atoms with E-state index in [1.165, 1.54) is 6.07 Å². The van der Waals surface area contributed by atoms with Crippen LogP contribution in [0.4, 0.5) is 8.78 Å². The van der Waals surface area contributed by atoms with E-state index in [1.807, 2.05) is 0 Å². The molecule has 0 aliphatic carbocycles. The normalized spacial score (nSPS) is 12.2. The third kappa shape index (κ3) is 4.69. The number of hydrogen-bond acceptors (Lipinski definition) is 2. The summed E-state index contributed by atoms with van der Waals surface area (Å²) < 4.78 is 30.3. The molecule has 0 aliphatic heterocycles. The number of ether oxygens (including phenoxy) is 1. The minimum absolute atomic E-state index is 0.0500. The second kappa shape index (κ2) is 6.55. The first-order chi connectivity index (χ1) is 8.02. The van der Waals surface area contributed by atoms with Crippen molar-refractivity contribution in [3.05, 3.63) is 35.4 Å². The van der Waals surface area contributed by atoms with E-state index < -0.39 is 23.0 Å². The molecule has 1 aromatic rings. The molecular weight excluding hydrogens is 250 g/mol. The Hall–Kier alpha value is -1.16. The summed E-state index contributed by atoms with van der Waals surface area (Å²) in [6.07, 6.45) is 0.339. The van der Waals surface area contributed by atoms with E-state index in [0.717, 1.165) is 12.1 Å². The fourth-order valence-corrected chi connectivity index (χ4v) is 1.70. The number of halogens is 3. The molecule has 0 spiro atoms. The number of rotatable bonds is 5. The summed E-state index contributed by atoms with van der Waals surface area (Å²) >= 11 is 5.92. The second-order valence-electron chi connectivity index (χ2n) is 3.56. The van der Waals surface area contributed by atoms with Crippen LogP contribution < -0.4 is 0 Å². The molecule has 1 atom stereocenters. The number of alkyl halides is 1. The minimum Gasteiger partial charge on any atom is -0.466 e. The van der Waals surface area contributed by atoms with E-state index in [1.54, 1.807) is 6.92 Å². The van der Waals surface area contributed by atoms with Gasteiger partial charge in [0.15, 0.2) is 11.6 Å². The van der Waals surface area contributed by atoms with Crippen molar-refractivity contribution in [3.63, 3.8) is 0 Å². The Bertz CT molecular complexity index is 396. The Kier molecular flexibility index (Phi) is 5.35. The van der Waals surface area contributed by atoms with Crippen molar-refractivity contribution < 1.29 is 18.3 Å². The third-order valence-electron chi connectivity index (χ3n) is 2.13. The minimum atomic E-state index is -0.914. The molecule has 2 nitrogen and oxygen atoms in total. The molecule has 0 fully saturated rings. The molecule has 0 saturated carbocycles. The van der Waals surface area contributed by atoms with Gasteiger partial charge in [-0.3, -0.25) is 4.79 Å². The van der Waals surface area contributed by atoms with Crippen LogP contribution in [0.25, 0.3) is 0 Å². The summed E-state index contributed by atoms with van der Waals surface area (Å²) in [5.41, 5.74) is 0.549. The summed E-state index contributed by atoms with van der Waals surface area (Å²) in [5, 5.41) is -0.487. The van der Waals surface area contributed by atoms with Crippen molar-refractivity contribution >= 4 is 17.6 Å². The van der Waals surface area contributed by atoms with Crippen molar-refractivity contribution in [1.29, 1.82) is 0 Å². The second-order valence-corrected chi connectivity index (χ2v) is 4.18. The predicted molar refractivity (Wildman–Crippen MR) is 61.0 cm³/mol. The van der Waals surface area contributed by atoms with Crippen molar-refractivity contribution in [3.8, 4) is 0 Å². The number of benzene rings is 1. The van der Waals surface area contributed by atoms with Gasteiger partial charge >= 0.3 is 5.97 Å². The summed E-state index contributed by atoms with van der Waals surface area (Å²) in [4.78, 5) is 11.1. The van der Waals surface area contributed by atoms with E-state index >= 15 is 0 Å². The van der Waals surface area contributed by atoms with E-state index in [9.17, 15) is 13.6 Å². The van der Waals surface area contributed by atoms with Gasteiger partial charge in [-0.1, -0.05) is 6.07 Å². The molecule has 0 heterocycles. The fraction of sp³-hybridized carbons (Fsp3) is 0.417. The Balaban J connectivity index is 2.53. The van der Waals surface area contributed by atoms with Crippen LogP contribution in [0.15, 0.2) is 18.2 Å². The highest BCUT2D eigenvalue weighted by Crippen LogP contribution is 2.15. The standard InChI is InChI=1S/C12H13ClF2O2/c1-2-17-12(16)7-9(13)5-8-3-4-10(14)11(15)6-8/h3-4,6,9H,2,5,7H2,1H3. The van der Waals surface area contributed by atoms with Gasteiger partial charge in [0, 0.05) is 5.38 Å². The average Bonchev–Trinajstić information content (AvgIpc) is 2.23. The quantitative estimate of drug-likeness (QED) is 0.602. The Morgan fingerprint density at radius 2 is 2.12 bits per heavy atom. The van der Waals surface area contributed by atoms with Gasteiger partial charge in [-0.2, -0.15) is 0 Å². The maximum atomic E-state index is 12.9. The Morgan fingerprint density at radius 1 is 1.41 bits per heavy atom. The molecular formula is C12H13ClF2O2. The van der Waals surface area contributed by atoms with Gasteiger partial charge in [0.25, 0.3) is 0 Å². The van der Waals surface area contributed by atoms with Gasteiger partial charge in [-0.15, -0.1) is 11.6 Å². The highest BCUT2D eigenvalue weighted by atomic mass is 35.5. The van der Waals surface area contributed by atoms with E-state index in [-0.39, 0.29) is 12.8 Å². The van der Waals surface area contributed by atoms with Crippen LogP contribution in [-0.4, -0.2) is 18.0 Å². The van der Waals surface area contributed by atoms with E-state index in [2.05, 4.69) is 0 Å². The summed E-state index contributed by atoms with van der Waals surface area (Å²) in [7, 11) is 0. The zero-order valence-electron chi connectivity index (χ0n) is 9.38. The van der Waals surface area contributed by atoms with Gasteiger partial charge < -0.3 is 4.74 Å². The SMILES string of the molecule is CCOC(=O)CC(Cl)Cc1ccc(F)c(F)c1. The monoisotopic (exact) mass is 262 g/mol. The number of carbonyl (C=O) groups excluding carboxylic acids is 1. The zero-order chi connectivity index (χ0) is 12.8. The average molecular weight is 263 g/mol. The van der Waals surface area contributed by atoms with Crippen molar-refractivity contribution in [2.24, 2.45) is 0 Å². The van der Waals surface area contributed by atoms with Crippen LogP contribution in [0.3, 0.4) is 0 Å². The fourth-order valence-electron chi connectivity index (χ4n) is 1.40. The highest BCUT2D eigenvalue weighted by molar-refractivity contribution is 6.21. The van der Waals surface area contributed by atoms with Gasteiger partial charge in [0.05, 0.1) is 13.0 Å². The first-order valence-electron chi connectivity index (χ1n) is 5.26. The van der Waals surface area contributed by atoms with Gasteiger partial charge in [0.1, 0.15) is 0 Å². The Labute approximate surface area is 104 Å². The lowest BCUT2D eigenvalue weighted by Crippen LogP contribution is -2.13. The molecule has 0 N–H and O–H groups in total. The maximum absolute atomic E-state index is 12.9. The van der Waals surface area contributed by atoms with Gasteiger partial charge in [0.2, 0.25) is 0 Å². The molecule has 1 aromatic carbocycles. The largest absolute Gasteiger partial charge is 0.466 e. The molecule has 0 radical (unpaired) electrons. The third-order valence-corrected chi connectivity index (χ3v) is 2.44. The van der Waals surface area contributed by atoms with E-state index in [0.29, 0.717) is 12.2 Å².